The quantitative estimate of drug-likeness (QED) is 0.644. The van der Waals surface area contributed by atoms with Crippen LogP contribution in [0.1, 0.15) is 24.9 Å². The van der Waals surface area contributed by atoms with Crippen LogP contribution < -0.4 is 5.01 Å². The van der Waals surface area contributed by atoms with Crippen molar-refractivity contribution in [2.75, 3.05) is 11.6 Å². The van der Waals surface area contributed by atoms with Gasteiger partial charge in [0.1, 0.15) is 5.71 Å². The zero-order valence-corrected chi connectivity index (χ0v) is 14.6. The second-order valence-corrected chi connectivity index (χ2v) is 6.27. The third kappa shape index (κ3) is 3.06. The molecular formula is C22H20N2O2. The molecule has 3 aromatic rings. The summed E-state index contributed by atoms with van der Waals surface area (Å²) in [6.07, 6.45) is 0.534. The molecule has 0 spiro atoms. The Morgan fingerprint density at radius 3 is 2.54 bits per heavy atom. The molecular weight excluding hydrogens is 324 g/mol. The molecule has 4 heteroatoms. The van der Waals surface area contributed by atoms with E-state index in [4.69, 9.17) is 4.74 Å². The van der Waals surface area contributed by atoms with Crippen LogP contribution in [-0.4, -0.2) is 18.3 Å². The molecule has 1 heterocycles. The van der Waals surface area contributed by atoms with E-state index in [0.717, 1.165) is 11.3 Å². The van der Waals surface area contributed by atoms with Gasteiger partial charge in [0.2, 0.25) is 0 Å². The average Bonchev–Trinajstić information content (AvgIpc) is 3.14. The molecule has 3 aromatic carbocycles. The Morgan fingerprint density at radius 1 is 1.04 bits per heavy atom. The summed E-state index contributed by atoms with van der Waals surface area (Å²) in [7, 11) is 0. The van der Waals surface area contributed by atoms with Crippen LogP contribution in [0.25, 0.3) is 10.8 Å². The lowest BCUT2D eigenvalue weighted by atomic mass is 9.98. The van der Waals surface area contributed by atoms with Gasteiger partial charge in [0, 0.05) is 6.42 Å². The molecule has 0 amide bonds. The Bertz CT molecular complexity index is 966. The molecule has 130 valence electrons. The van der Waals surface area contributed by atoms with Crippen LogP contribution in [0.15, 0.2) is 77.9 Å². The van der Waals surface area contributed by atoms with Crippen molar-refractivity contribution < 1.29 is 9.53 Å². The van der Waals surface area contributed by atoms with Gasteiger partial charge >= 0.3 is 5.97 Å². The lowest BCUT2D eigenvalue weighted by molar-refractivity contribution is -0.135. The minimum atomic E-state index is -0.336. The number of hydrogen-bond donors (Lipinski definition) is 0. The topological polar surface area (TPSA) is 41.9 Å². The molecule has 0 saturated carbocycles. The van der Waals surface area contributed by atoms with Gasteiger partial charge in [0.25, 0.3) is 0 Å². The number of hydrazone groups is 1. The van der Waals surface area contributed by atoms with E-state index < -0.39 is 0 Å². The van der Waals surface area contributed by atoms with Gasteiger partial charge in [0.15, 0.2) is 0 Å². The number of esters is 1. The normalized spacial score (nSPS) is 16.6. The molecule has 0 aliphatic carbocycles. The van der Waals surface area contributed by atoms with Crippen LogP contribution in [-0.2, 0) is 9.53 Å². The van der Waals surface area contributed by atoms with Crippen LogP contribution in [0.3, 0.4) is 0 Å². The summed E-state index contributed by atoms with van der Waals surface area (Å²) in [6, 6.07) is 24.6. The molecule has 0 bridgehead atoms. The molecule has 1 unspecified atom stereocenters. The zero-order chi connectivity index (χ0) is 17.9. The number of para-hydroxylation sites is 1. The smallest absolute Gasteiger partial charge is 0.354 e. The van der Waals surface area contributed by atoms with Crippen molar-refractivity contribution in [3.05, 3.63) is 78.4 Å². The minimum Gasteiger partial charge on any atom is -0.461 e. The first kappa shape index (κ1) is 16.3. The number of rotatable bonds is 4. The van der Waals surface area contributed by atoms with Gasteiger partial charge < -0.3 is 4.74 Å². The predicted octanol–water partition coefficient (Wildman–Crippen LogP) is 4.71. The third-order valence-corrected chi connectivity index (χ3v) is 4.60. The number of hydrogen-bond acceptors (Lipinski definition) is 4. The van der Waals surface area contributed by atoms with E-state index >= 15 is 0 Å². The van der Waals surface area contributed by atoms with E-state index in [1.54, 1.807) is 0 Å². The SMILES string of the molecule is CCOC(=O)C1=NN(c2ccccc2)C(c2ccc3ccccc3c2)C1. The Kier molecular flexibility index (Phi) is 4.40. The summed E-state index contributed by atoms with van der Waals surface area (Å²) < 4.78 is 5.17. The summed E-state index contributed by atoms with van der Waals surface area (Å²) in [5.41, 5.74) is 2.56. The Balaban J connectivity index is 1.74. The lowest BCUT2D eigenvalue weighted by Gasteiger charge is -2.24. The van der Waals surface area contributed by atoms with Crippen LogP contribution in [0, 0.1) is 0 Å². The maximum atomic E-state index is 12.2. The second kappa shape index (κ2) is 7.00. The summed E-state index contributed by atoms with van der Waals surface area (Å²) in [5, 5.41) is 8.90. The summed E-state index contributed by atoms with van der Waals surface area (Å²) in [5.74, 6) is -0.336. The van der Waals surface area contributed by atoms with Crippen molar-refractivity contribution >= 4 is 28.1 Å². The molecule has 0 N–H and O–H groups in total. The molecule has 0 fully saturated rings. The van der Waals surface area contributed by atoms with E-state index in [-0.39, 0.29) is 12.0 Å². The summed E-state index contributed by atoms with van der Waals surface area (Å²) in [4.78, 5) is 12.2. The van der Waals surface area contributed by atoms with Gasteiger partial charge in [0.05, 0.1) is 18.3 Å². The van der Waals surface area contributed by atoms with Crippen molar-refractivity contribution in [1.82, 2.24) is 0 Å². The van der Waals surface area contributed by atoms with Gasteiger partial charge in [-0.2, -0.15) is 5.10 Å². The van der Waals surface area contributed by atoms with E-state index in [1.807, 2.05) is 54.4 Å². The molecule has 1 aliphatic heterocycles. The standard InChI is InChI=1S/C22H20N2O2/c1-2-26-22(25)20-15-21(24(23-20)19-10-4-3-5-11-19)18-13-12-16-8-6-7-9-17(16)14-18/h3-14,21H,2,15H2,1H3. The highest BCUT2D eigenvalue weighted by atomic mass is 16.5. The van der Waals surface area contributed by atoms with Gasteiger partial charge in [-0.05, 0) is 41.5 Å². The van der Waals surface area contributed by atoms with Crippen molar-refractivity contribution in [3.8, 4) is 0 Å². The molecule has 0 aromatic heterocycles. The number of carbonyl (C=O) groups is 1. The number of nitrogens with zero attached hydrogens (tertiary/aromatic N) is 2. The lowest BCUT2D eigenvalue weighted by Crippen LogP contribution is -2.18. The third-order valence-electron chi connectivity index (χ3n) is 4.60. The molecule has 0 radical (unpaired) electrons. The van der Waals surface area contributed by atoms with E-state index in [2.05, 4.69) is 35.4 Å². The fourth-order valence-corrected chi connectivity index (χ4v) is 3.34. The van der Waals surface area contributed by atoms with Crippen molar-refractivity contribution in [2.24, 2.45) is 5.10 Å². The molecule has 4 rings (SSSR count). The molecule has 26 heavy (non-hydrogen) atoms. The number of anilines is 1. The predicted molar refractivity (Wildman–Crippen MR) is 104 cm³/mol. The van der Waals surface area contributed by atoms with E-state index in [9.17, 15) is 4.79 Å². The Hall–Kier alpha value is -3.14. The van der Waals surface area contributed by atoms with Crippen molar-refractivity contribution in [2.45, 2.75) is 19.4 Å². The van der Waals surface area contributed by atoms with E-state index in [0.29, 0.717) is 18.7 Å². The second-order valence-electron chi connectivity index (χ2n) is 6.27. The fourth-order valence-electron chi connectivity index (χ4n) is 3.34. The summed E-state index contributed by atoms with van der Waals surface area (Å²) in [6.45, 7) is 2.16. The van der Waals surface area contributed by atoms with Gasteiger partial charge in [-0.15, -0.1) is 0 Å². The van der Waals surface area contributed by atoms with Crippen molar-refractivity contribution in [1.29, 1.82) is 0 Å². The fraction of sp³-hybridized carbons (Fsp3) is 0.182. The van der Waals surface area contributed by atoms with Gasteiger partial charge in [-0.25, -0.2) is 4.79 Å². The first-order valence-electron chi connectivity index (χ1n) is 8.84. The highest BCUT2D eigenvalue weighted by Gasteiger charge is 2.33. The van der Waals surface area contributed by atoms with Crippen LogP contribution in [0.5, 0.6) is 0 Å². The molecule has 4 nitrogen and oxygen atoms in total. The average molecular weight is 344 g/mol. The number of ether oxygens (including phenoxy) is 1. The first-order valence-corrected chi connectivity index (χ1v) is 8.84. The van der Waals surface area contributed by atoms with Crippen molar-refractivity contribution in [3.63, 3.8) is 0 Å². The Labute approximate surface area is 152 Å². The zero-order valence-electron chi connectivity index (χ0n) is 14.6. The highest BCUT2D eigenvalue weighted by molar-refractivity contribution is 6.37. The maximum absolute atomic E-state index is 12.2. The monoisotopic (exact) mass is 344 g/mol. The van der Waals surface area contributed by atoms with Crippen LogP contribution in [0.2, 0.25) is 0 Å². The minimum absolute atomic E-state index is 0.0265. The largest absolute Gasteiger partial charge is 0.461 e. The number of fused-ring (bicyclic) bond motifs is 1. The first-order chi connectivity index (χ1) is 12.8. The van der Waals surface area contributed by atoms with Gasteiger partial charge in [-0.3, -0.25) is 5.01 Å². The Morgan fingerprint density at radius 2 is 1.77 bits per heavy atom. The van der Waals surface area contributed by atoms with Gasteiger partial charge in [-0.1, -0.05) is 54.6 Å². The molecule has 1 atom stereocenters. The maximum Gasteiger partial charge on any atom is 0.354 e. The molecule has 1 aliphatic rings. The van der Waals surface area contributed by atoms with Crippen LogP contribution in [0.4, 0.5) is 5.69 Å². The van der Waals surface area contributed by atoms with E-state index in [1.165, 1.54) is 10.8 Å². The van der Waals surface area contributed by atoms with Crippen LogP contribution >= 0.6 is 0 Å². The molecule has 0 saturated heterocycles. The number of carbonyl (C=O) groups excluding carboxylic acids is 1. The highest BCUT2D eigenvalue weighted by Crippen LogP contribution is 2.36. The summed E-state index contributed by atoms with van der Waals surface area (Å²) >= 11 is 0. The number of benzene rings is 3.